The first kappa shape index (κ1) is 12.1. The predicted octanol–water partition coefficient (Wildman–Crippen LogP) is 3.72. The largest absolute Gasteiger partial charge is 0.462 e. The van der Waals surface area contributed by atoms with Crippen molar-refractivity contribution in [3.63, 3.8) is 0 Å². The van der Waals surface area contributed by atoms with Crippen LogP contribution in [0, 0.1) is 0 Å². The summed E-state index contributed by atoms with van der Waals surface area (Å²) < 4.78 is 4.95. The number of hydrogen-bond acceptors (Lipinski definition) is 3. The number of hydrogen-bond donors (Lipinski definition) is 0. The van der Waals surface area contributed by atoms with E-state index in [9.17, 15) is 4.79 Å². The highest BCUT2D eigenvalue weighted by atomic mass is 35.5. The minimum absolute atomic E-state index is 0.309. The molecule has 2 aromatic rings. The Morgan fingerprint density at radius 2 is 2.12 bits per heavy atom. The molecule has 0 aliphatic rings. The molecule has 3 nitrogen and oxygen atoms in total. The molecular formula is C12H9Cl2NO2. The van der Waals surface area contributed by atoms with Gasteiger partial charge in [0.05, 0.1) is 12.2 Å². The Labute approximate surface area is 108 Å². The van der Waals surface area contributed by atoms with E-state index in [1.807, 2.05) is 0 Å². The molecule has 2 rings (SSSR count). The standard InChI is InChI=1S/C12H9Cl2NO2/c1-2-17-12(16)10-6-15-11(14)8-4-3-7(13)5-9(8)10/h3-6H,2H2,1H3. The van der Waals surface area contributed by atoms with Crippen molar-refractivity contribution in [1.82, 2.24) is 4.98 Å². The van der Waals surface area contributed by atoms with E-state index in [0.29, 0.717) is 33.1 Å². The van der Waals surface area contributed by atoms with Crippen LogP contribution in [0.3, 0.4) is 0 Å². The van der Waals surface area contributed by atoms with E-state index in [-0.39, 0.29) is 0 Å². The van der Waals surface area contributed by atoms with Gasteiger partial charge in [0.2, 0.25) is 0 Å². The third-order valence-electron chi connectivity index (χ3n) is 2.30. The summed E-state index contributed by atoms with van der Waals surface area (Å²) in [7, 11) is 0. The highest BCUT2D eigenvalue weighted by Crippen LogP contribution is 2.27. The van der Waals surface area contributed by atoms with Crippen LogP contribution in [-0.4, -0.2) is 17.6 Å². The predicted molar refractivity (Wildman–Crippen MR) is 67.7 cm³/mol. The van der Waals surface area contributed by atoms with Crippen molar-refractivity contribution < 1.29 is 9.53 Å². The summed E-state index contributed by atoms with van der Waals surface area (Å²) in [6.45, 7) is 2.06. The Hall–Kier alpha value is -1.32. The van der Waals surface area contributed by atoms with Crippen molar-refractivity contribution in [3.8, 4) is 0 Å². The lowest BCUT2D eigenvalue weighted by Gasteiger charge is -2.07. The summed E-state index contributed by atoms with van der Waals surface area (Å²) in [4.78, 5) is 15.7. The zero-order valence-electron chi connectivity index (χ0n) is 9.04. The first-order valence-corrected chi connectivity index (χ1v) is 5.80. The number of benzene rings is 1. The fourth-order valence-electron chi connectivity index (χ4n) is 1.55. The quantitative estimate of drug-likeness (QED) is 0.616. The van der Waals surface area contributed by atoms with Crippen molar-refractivity contribution in [2.75, 3.05) is 6.61 Å². The Kier molecular flexibility index (Phi) is 3.50. The van der Waals surface area contributed by atoms with Crippen LogP contribution < -0.4 is 0 Å². The highest BCUT2D eigenvalue weighted by molar-refractivity contribution is 6.36. The summed E-state index contributed by atoms with van der Waals surface area (Å²) in [5.74, 6) is -0.427. The van der Waals surface area contributed by atoms with Crippen LogP contribution in [-0.2, 0) is 4.74 Å². The molecule has 88 valence electrons. The normalized spacial score (nSPS) is 10.5. The van der Waals surface area contributed by atoms with E-state index in [0.717, 1.165) is 0 Å². The Balaban J connectivity index is 2.68. The molecule has 17 heavy (non-hydrogen) atoms. The summed E-state index contributed by atoms with van der Waals surface area (Å²) in [6, 6.07) is 5.11. The molecule has 0 fully saturated rings. The van der Waals surface area contributed by atoms with Gasteiger partial charge in [-0.1, -0.05) is 23.2 Å². The third-order valence-corrected chi connectivity index (χ3v) is 2.83. The van der Waals surface area contributed by atoms with Gasteiger partial charge in [-0.3, -0.25) is 0 Å². The van der Waals surface area contributed by atoms with E-state index < -0.39 is 5.97 Å². The molecule has 1 aromatic carbocycles. The average Bonchev–Trinajstić information content (AvgIpc) is 2.29. The van der Waals surface area contributed by atoms with Gasteiger partial charge in [0.25, 0.3) is 0 Å². The molecule has 0 radical (unpaired) electrons. The molecule has 0 bridgehead atoms. The maximum Gasteiger partial charge on any atom is 0.340 e. The van der Waals surface area contributed by atoms with Gasteiger partial charge in [-0.25, -0.2) is 9.78 Å². The Morgan fingerprint density at radius 3 is 2.82 bits per heavy atom. The highest BCUT2D eigenvalue weighted by Gasteiger charge is 2.14. The molecule has 0 N–H and O–H groups in total. The van der Waals surface area contributed by atoms with Crippen molar-refractivity contribution in [2.45, 2.75) is 6.92 Å². The molecule has 0 aliphatic heterocycles. The lowest BCUT2D eigenvalue weighted by Crippen LogP contribution is -2.06. The maximum atomic E-state index is 11.7. The van der Waals surface area contributed by atoms with Crippen molar-refractivity contribution in [3.05, 3.63) is 40.1 Å². The molecule has 0 spiro atoms. The number of carbonyl (C=O) groups excluding carboxylic acids is 1. The monoisotopic (exact) mass is 269 g/mol. The fraction of sp³-hybridized carbons (Fsp3) is 0.167. The summed E-state index contributed by atoms with van der Waals surface area (Å²) in [5, 5.41) is 2.20. The van der Waals surface area contributed by atoms with Crippen molar-refractivity contribution in [1.29, 1.82) is 0 Å². The molecule has 0 aliphatic carbocycles. The summed E-state index contributed by atoms with van der Waals surface area (Å²) in [6.07, 6.45) is 1.40. The van der Waals surface area contributed by atoms with E-state index in [4.69, 9.17) is 27.9 Å². The van der Waals surface area contributed by atoms with Crippen molar-refractivity contribution in [2.24, 2.45) is 0 Å². The van der Waals surface area contributed by atoms with Crippen LogP contribution in [0.1, 0.15) is 17.3 Å². The second-order valence-electron chi connectivity index (χ2n) is 3.37. The first-order chi connectivity index (χ1) is 8.13. The maximum absolute atomic E-state index is 11.7. The first-order valence-electron chi connectivity index (χ1n) is 5.04. The topological polar surface area (TPSA) is 39.2 Å². The summed E-state index contributed by atoms with van der Waals surface area (Å²) in [5.41, 5.74) is 0.369. The number of esters is 1. The van der Waals surface area contributed by atoms with Gasteiger partial charge in [0, 0.05) is 22.0 Å². The molecule has 1 heterocycles. The Morgan fingerprint density at radius 1 is 1.35 bits per heavy atom. The number of ether oxygens (including phenoxy) is 1. The number of fused-ring (bicyclic) bond motifs is 1. The third kappa shape index (κ3) is 2.35. The van der Waals surface area contributed by atoms with E-state index >= 15 is 0 Å². The number of rotatable bonds is 2. The molecule has 0 atom stereocenters. The number of aromatic nitrogens is 1. The number of pyridine rings is 1. The van der Waals surface area contributed by atoms with Gasteiger partial charge in [0.15, 0.2) is 0 Å². The van der Waals surface area contributed by atoms with Crippen molar-refractivity contribution >= 4 is 39.9 Å². The van der Waals surface area contributed by atoms with Crippen LogP contribution in [0.15, 0.2) is 24.4 Å². The molecule has 0 unspecified atom stereocenters. The lowest BCUT2D eigenvalue weighted by molar-refractivity contribution is 0.0528. The molecular weight excluding hydrogens is 261 g/mol. The van der Waals surface area contributed by atoms with Crippen LogP contribution in [0.25, 0.3) is 10.8 Å². The van der Waals surface area contributed by atoms with Crippen LogP contribution in [0.2, 0.25) is 10.2 Å². The number of halogens is 2. The van der Waals surface area contributed by atoms with E-state index in [2.05, 4.69) is 4.98 Å². The Bertz CT molecular complexity index is 584. The molecule has 1 aromatic heterocycles. The SMILES string of the molecule is CCOC(=O)c1cnc(Cl)c2ccc(Cl)cc12. The second kappa shape index (κ2) is 4.90. The molecule has 0 saturated carbocycles. The van der Waals surface area contributed by atoms with Gasteiger partial charge in [-0.2, -0.15) is 0 Å². The minimum Gasteiger partial charge on any atom is -0.462 e. The smallest absolute Gasteiger partial charge is 0.340 e. The van der Waals surface area contributed by atoms with Gasteiger partial charge >= 0.3 is 5.97 Å². The number of carbonyl (C=O) groups is 1. The second-order valence-corrected chi connectivity index (χ2v) is 4.17. The van der Waals surface area contributed by atoms with Gasteiger partial charge < -0.3 is 4.74 Å². The van der Waals surface area contributed by atoms with Crippen LogP contribution >= 0.6 is 23.2 Å². The lowest BCUT2D eigenvalue weighted by atomic mass is 10.1. The average molecular weight is 270 g/mol. The van der Waals surface area contributed by atoms with E-state index in [1.54, 1.807) is 25.1 Å². The zero-order valence-corrected chi connectivity index (χ0v) is 10.5. The molecule has 0 saturated heterocycles. The minimum atomic E-state index is -0.427. The molecule has 0 amide bonds. The van der Waals surface area contributed by atoms with Crippen LogP contribution in [0.5, 0.6) is 0 Å². The van der Waals surface area contributed by atoms with Gasteiger partial charge in [-0.05, 0) is 25.1 Å². The van der Waals surface area contributed by atoms with Gasteiger partial charge in [0.1, 0.15) is 5.15 Å². The number of nitrogens with zero attached hydrogens (tertiary/aromatic N) is 1. The van der Waals surface area contributed by atoms with Crippen LogP contribution in [0.4, 0.5) is 0 Å². The molecule has 5 heteroatoms. The zero-order chi connectivity index (χ0) is 12.4. The van der Waals surface area contributed by atoms with E-state index in [1.165, 1.54) is 6.20 Å². The fourth-order valence-corrected chi connectivity index (χ4v) is 1.94. The van der Waals surface area contributed by atoms with Gasteiger partial charge in [-0.15, -0.1) is 0 Å². The summed E-state index contributed by atoms with van der Waals surface area (Å²) >= 11 is 11.9.